The number of ether oxygens (including phenoxy) is 2. The Bertz CT molecular complexity index is 722. The first-order chi connectivity index (χ1) is 14.2. The van der Waals surface area contributed by atoms with Crippen LogP contribution in [0, 0.1) is 0 Å². The minimum absolute atomic E-state index is 0.310. The van der Waals surface area contributed by atoms with E-state index in [-0.39, 0.29) is 0 Å². The van der Waals surface area contributed by atoms with Gasteiger partial charge in [0.2, 0.25) is 5.88 Å². The lowest BCUT2D eigenvalue weighted by molar-refractivity contribution is 0.115. The Hall–Kier alpha value is -1.24. The van der Waals surface area contributed by atoms with Crippen LogP contribution in [0.3, 0.4) is 0 Å². The van der Waals surface area contributed by atoms with E-state index < -0.39 is 0 Å². The molecule has 1 atom stereocenters. The van der Waals surface area contributed by atoms with Gasteiger partial charge in [-0.2, -0.15) is 0 Å². The molecule has 164 valence electrons. The van der Waals surface area contributed by atoms with Gasteiger partial charge < -0.3 is 14.8 Å². The average molecular weight is 422 g/mol. The molecule has 2 heterocycles. The number of hydrogen-bond donors (Lipinski definition) is 1. The maximum absolute atomic E-state index is 6.27. The molecule has 6 heteroatoms. The molecule has 5 nitrogen and oxygen atoms in total. The summed E-state index contributed by atoms with van der Waals surface area (Å²) in [6.07, 6.45) is 11.7. The summed E-state index contributed by atoms with van der Waals surface area (Å²) < 4.78 is 11.2. The van der Waals surface area contributed by atoms with Crippen LogP contribution in [0.4, 0.5) is 0 Å². The van der Waals surface area contributed by atoms with Crippen molar-refractivity contribution in [3.8, 4) is 5.88 Å². The number of nitrogens with zero attached hydrogens (tertiary/aromatic N) is 2. The fourth-order valence-electron chi connectivity index (χ4n) is 3.78. The van der Waals surface area contributed by atoms with Crippen molar-refractivity contribution in [1.82, 2.24) is 15.3 Å². The normalized spacial score (nSPS) is 21.4. The number of aryl methyl sites for hydroxylation is 2. The minimum atomic E-state index is 0.310. The number of fused-ring (bicyclic) bond motifs is 3. The number of aromatic nitrogens is 2. The van der Waals surface area contributed by atoms with Gasteiger partial charge in [0.15, 0.2) is 0 Å². The van der Waals surface area contributed by atoms with Crippen LogP contribution in [-0.2, 0) is 17.6 Å². The van der Waals surface area contributed by atoms with Gasteiger partial charge in [0.1, 0.15) is 17.3 Å². The van der Waals surface area contributed by atoms with Gasteiger partial charge in [0.25, 0.3) is 0 Å². The van der Waals surface area contributed by atoms with Crippen LogP contribution in [0.15, 0.2) is 6.33 Å². The van der Waals surface area contributed by atoms with E-state index in [0.717, 1.165) is 36.4 Å². The van der Waals surface area contributed by atoms with E-state index in [2.05, 4.69) is 36.2 Å². The van der Waals surface area contributed by atoms with Crippen molar-refractivity contribution < 1.29 is 9.47 Å². The Morgan fingerprint density at radius 2 is 1.90 bits per heavy atom. The van der Waals surface area contributed by atoms with Crippen LogP contribution in [0.5, 0.6) is 5.88 Å². The summed E-state index contributed by atoms with van der Waals surface area (Å²) in [5.41, 5.74) is 1.45. The third kappa shape index (κ3) is 6.37. The molecule has 1 saturated carbocycles. The van der Waals surface area contributed by atoms with Crippen LogP contribution in [0.2, 0.25) is 0 Å². The number of hydrogen-bond acceptors (Lipinski definition) is 6. The van der Waals surface area contributed by atoms with Crippen molar-refractivity contribution in [3.05, 3.63) is 16.8 Å². The standard InChI is InChI=1S/C16H21N3OS.C5H12O.C2H6/c1-17-10-5-7-11(8-6-10)20-15-14-12-3-2-4-13(12)21-16(14)19-9-18-15;1-4-5(2)6-3;1-2/h9-11,17H,2-8H2,1H3;5H,4H2,1-3H3;1-2H3. The number of thiophene rings is 1. The lowest BCUT2D eigenvalue weighted by atomic mass is 9.93. The Balaban J connectivity index is 0.000000325. The molecule has 1 N–H and O–H groups in total. The first-order valence-electron chi connectivity index (χ1n) is 11.3. The molecule has 4 rings (SSSR count). The van der Waals surface area contributed by atoms with E-state index in [0.29, 0.717) is 18.2 Å². The first-order valence-corrected chi connectivity index (χ1v) is 12.1. The zero-order valence-corrected chi connectivity index (χ0v) is 19.9. The van der Waals surface area contributed by atoms with Gasteiger partial charge in [0.05, 0.1) is 11.5 Å². The van der Waals surface area contributed by atoms with Gasteiger partial charge in [-0.1, -0.05) is 20.8 Å². The predicted molar refractivity (Wildman–Crippen MR) is 123 cm³/mol. The molecule has 2 aliphatic carbocycles. The lowest BCUT2D eigenvalue weighted by Crippen LogP contribution is -2.34. The Morgan fingerprint density at radius 3 is 2.48 bits per heavy atom. The van der Waals surface area contributed by atoms with E-state index in [9.17, 15) is 0 Å². The summed E-state index contributed by atoms with van der Waals surface area (Å²) >= 11 is 1.83. The molecule has 0 spiro atoms. The molecule has 0 radical (unpaired) electrons. The van der Waals surface area contributed by atoms with Crippen molar-refractivity contribution in [1.29, 1.82) is 0 Å². The van der Waals surface area contributed by atoms with Crippen LogP contribution in [0.25, 0.3) is 10.2 Å². The molecule has 0 saturated heterocycles. The SMILES string of the molecule is CC.CCC(C)OC.CNC1CCC(Oc2ncnc3sc4c(c23)CCC4)CC1. The fraction of sp³-hybridized carbons (Fsp3) is 0.739. The molecule has 0 amide bonds. The highest BCUT2D eigenvalue weighted by atomic mass is 32.1. The zero-order valence-electron chi connectivity index (χ0n) is 19.1. The van der Waals surface area contributed by atoms with Crippen LogP contribution in [0.1, 0.15) is 76.7 Å². The topological polar surface area (TPSA) is 56.3 Å². The smallest absolute Gasteiger partial charge is 0.225 e. The van der Waals surface area contributed by atoms with Crippen molar-refractivity contribution in [2.24, 2.45) is 0 Å². The summed E-state index contributed by atoms with van der Waals surface area (Å²) in [6, 6.07) is 0.653. The molecule has 0 aliphatic heterocycles. The molecule has 1 unspecified atom stereocenters. The first kappa shape index (κ1) is 24.0. The highest BCUT2D eigenvalue weighted by molar-refractivity contribution is 7.18. The van der Waals surface area contributed by atoms with Gasteiger partial charge in [0, 0.05) is 18.0 Å². The van der Waals surface area contributed by atoms with Crippen LogP contribution < -0.4 is 10.1 Å². The molecule has 2 aromatic heterocycles. The maximum Gasteiger partial charge on any atom is 0.225 e. The van der Waals surface area contributed by atoms with Crippen LogP contribution >= 0.6 is 11.3 Å². The summed E-state index contributed by atoms with van der Waals surface area (Å²) in [5, 5.41) is 4.57. The quantitative estimate of drug-likeness (QED) is 0.686. The summed E-state index contributed by atoms with van der Waals surface area (Å²) in [5.74, 6) is 0.826. The Kier molecular flexibility index (Phi) is 10.3. The van der Waals surface area contributed by atoms with Gasteiger partial charge in [-0.05, 0) is 70.9 Å². The summed E-state index contributed by atoms with van der Waals surface area (Å²) in [6.45, 7) is 8.16. The summed E-state index contributed by atoms with van der Waals surface area (Å²) in [4.78, 5) is 11.5. The van der Waals surface area contributed by atoms with Crippen molar-refractivity contribution in [2.45, 2.75) is 97.3 Å². The highest BCUT2D eigenvalue weighted by Gasteiger charge is 2.25. The molecule has 1 fully saturated rings. The molecule has 2 aliphatic rings. The van der Waals surface area contributed by atoms with Gasteiger partial charge in [-0.25, -0.2) is 9.97 Å². The monoisotopic (exact) mass is 421 g/mol. The molecule has 2 aromatic rings. The molecule has 0 aromatic carbocycles. The van der Waals surface area contributed by atoms with Crippen molar-refractivity contribution in [2.75, 3.05) is 14.2 Å². The average Bonchev–Trinajstić information content (AvgIpc) is 3.37. The largest absolute Gasteiger partial charge is 0.474 e. The van der Waals surface area contributed by atoms with Crippen LogP contribution in [-0.4, -0.2) is 42.4 Å². The van der Waals surface area contributed by atoms with Gasteiger partial charge in [-0.15, -0.1) is 11.3 Å². The summed E-state index contributed by atoms with van der Waals surface area (Å²) in [7, 11) is 3.78. The van der Waals surface area contributed by atoms with Crippen molar-refractivity contribution >= 4 is 21.6 Å². The Labute approximate surface area is 180 Å². The predicted octanol–water partition coefficient (Wildman–Crippen LogP) is 5.55. The van der Waals surface area contributed by atoms with E-state index in [4.69, 9.17) is 9.47 Å². The van der Waals surface area contributed by atoms with Gasteiger partial charge in [-0.3, -0.25) is 0 Å². The molecular formula is C23H39N3O2S. The molecule has 29 heavy (non-hydrogen) atoms. The highest BCUT2D eigenvalue weighted by Crippen LogP contribution is 2.40. The molecular weight excluding hydrogens is 382 g/mol. The second kappa shape index (κ2) is 12.5. The third-order valence-electron chi connectivity index (χ3n) is 5.80. The van der Waals surface area contributed by atoms with Gasteiger partial charge >= 0.3 is 0 Å². The van der Waals surface area contributed by atoms with E-state index in [1.165, 1.54) is 41.5 Å². The van der Waals surface area contributed by atoms with E-state index >= 15 is 0 Å². The Morgan fingerprint density at radius 1 is 1.17 bits per heavy atom. The maximum atomic E-state index is 6.27. The third-order valence-corrected chi connectivity index (χ3v) is 7.00. The molecule has 0 bridgehead atoms. The number of methoxy groups -OCH3 is 1. The van der Waals surface area contributed by atoms with Crippen molar-refractivity contribution in [3.63, 3.8) is 0 Å². The minimum Gasteiger partial charge on any atom is -0.474 e. The number of rotatable bonds is 5. The fourth-order valence-corrected chi connectivity index (χ4v) is 5.00. The second-order valence-electron chi connectivity index (χ2n) is 7.55. The van der Waals surface area contributed by atoms with E-state index in [1.807, 2.05) is 25.2 Å². The zero-order chi connectivity index (χ0) is 21.2. The van der Waals surface area contributed by atoms with E-state index in [1.54, 1.807) is 13.4 Å². The second-order valence-corrected chi connectivity index (χ2v) is 8.63. The number of nitrogens with one attached hydrogen (secondary N) is 1. The lowest BCUT2D eigenvalue weighted by Gasteiger charge is -2.28.